The van der Waals surface area contributed by atoms with Crippen molar-refractivity contribution in [2.75, 3.05) is 7.11 Å². The van der Waals surface area contributed by atoms with E-state index < -0.39 is 0 Å². The second-order valence-corrected chi connectivity index (χ2v) is 4.81. The van der Waals surface area contributed by atoms with Crippen molar-refractivity contribution >= 4 is 50.0 Å². The number of fused-ring (bicyclic) bond motifs is 1. The highest BCUT2D eigenvalue weighted by molar-refractivity contribution is 9.08. The SMILES string of the molecule is COc1cc(CBr)c2sccc2c1S. The summed E-state index contributed by atoms with van der Waals surface area (Å²) in [5, 5.41) is 4.09. The molecule has 0 aliphatic heterocycles. The molecule has 1 aromatic carbocycles. The first-order valence-corrected chi connectivity index (χ1v) is 6.54. The zero-order chi connectivity index (χ0) is 10.1. The molecular weight excluding hydrogens is 280 g/mol. The van der Waals surface area contributed by atoms with E-state index in [9.17, 15) is 0 Å². The molecule has 0 amide bonds. The number of halogens is 1. The minimum absolute atomic E-state index is 0.841. The predicted molar refractivity (Wildman–Crippen MR) is 68.3 cm³/mol. The molecule has 1 aromatic heterocycles. The van der Waals surface area contributed by atoms with Gasteiger partial charge in [-0.15, -0.1) is 24.0 Å². The van der Waals surface area contributed by atoms with Crippen LogP contribution in [0.1, 0.15) is 5.56 Å². The van der Waals surface area contributed by atoms with Crippen molar-refractivity contribution in [1.82, 2.24) is 0 Å². The van der Waals surface area contributed by atoms with Crippen molar-refractivity contribution in [1.29, 1.82) is 0 Å². The second kappa shape index (κ2) is 4.13. The summed E-state index contributed by atoms with van der Waals surface area (Å²) in [5.41, 5.74) is 1.25. The van der Waals surface area contributed by atoms with E-state index in [-0.39, 0.29) is 0 Å². The lowest BCUT2D eigenvalue weighted by atomic mass is 10.2. The Morgan fingerprint density at radius 3 is 3.00 bits per heavy atom. The van der Waals surface area contributed by atoms with Crippen LogP contribution >= 0.6 is 39.9 Å². The Hall–Kier alpha value is -0.190. The van der Waals surface area contributed by atoms with Crippen LogP contribution in [0.3, 0.4) is 0 Å². The van der Waals surface area contributed by atoms with E-state index >= 15 is 0 Å². The minimum atomic E-state index is 0.841. The largest absolute Gasteiger partial charge is 0.496 e. The molecule has 2 rings (SSSR count). The zero-order valence-electron chi connectivity index (χ0n) is 7.58. The number of thiophene rings is 1. The molecule has 0 atom stereocenters. The molecule has 74 valence electrons. The zero-order valence-corrected chi connectivity index (χ0v) is 10.9. The molecule has 2 aromatic rings. The summed E-state index contributed by atoms with van der Waals surface area (Å²) in [7, 11) is 1.67. The molecule has 0 unspecified atom stereocenters. The van der Waals surface area contributed by atoms with Gasteiger partial charge in [-0.2, -0.15) is 0 Å². The summed E-state index contributed by atoms with van der Waals surface area (Å²) in [6, 6.07) is 4.12. The Balaban J connectivity index is 2.80. The summed E-state index contributed by atoms with van der Waals surface area (Å²) in [6.45, 7) is 0. The highest BCUT2D eigenvalue weighted by Crippen LogP contribution is 2.37. The molecule has 1 heterocycles. The normalized spacial score (nSPS) is 10.8. The topological polar surface area (TPSA) is 9.23 Å². The number of methoxy groups -OCH3 is 1. The average Bonchev–Trinajstić information content (AvgIpc) is 2.68. The van der Waals surface area contributed by atoms with Crippen LogP contribution in [0.15, 0.2) is 22.4 Å². The Morgan fingerprint density at radius 2 is 2.36 bits per heavy atom. The molecule has 0 N–H and O–H groups in total. The van der Waals surface area contributed by atoms with Gasteiger partial charge in [0.25, 0.3) is 0 Å². The smallest absolute Gasteiger partial charge is 0.133 e. The standard InChI is InChI=1S/C10H9BrOS2/c1-12-8-4-6(5-11)10-7(9(8)13)2-3-14-10/h2-4,13H,5H2,1H3. The minimum Gasteiger partial charge on any atom is -0.496 e. The van der Waals surface area contributed by atoms with Crippen LogP contribution in [0, 0.1) is 0 Å². The maximum atomic E-state index is 5.27. The molecule has 14 heavy (non-hydrogen) atoms. The van der Waals surface area contributed by atoms with E-state index in [4.69, 9.17) is 4.74 Å². The van der Waals surface area contributed by atoms with Gasteiger partial charge >= 0.3 is 0 Å². The van der Waals surface area contributed by atoms with Gasteiger partial charge in [-0.3, -0.25) is 0 Å². The van der Waals surface area contributed by atoms with Gasteiger partial charge in [-0.1, -0.05) is 15.9 Å². The monoisotopic (exact) mass is 288 g/mol. The van der Waals surface area contributed by atoms with E-state index in [1.807, 2.05) is 6.07 Å². The van der Waals surface area contributed by atoms with E-state index in [1.165, 1.54) is 15.6 Å². The Kier molecular flexibility index (Phi) is 3.04. The molecule has 0 spiro atoms. The molecule has 0 fully saturated rings. The number of hydrogen-bond donors (Lipinski definition) is 1. The van der Waals surface area contributed by atoms with Gasteiger partial charge < -0.3 is 4.74 Å². The number of rotatable bonds is 2. The second-order valence-electron chi connectivity index (χ2n) is 2.88. The van der Waals surface area contributed by atoms with Crippen molar-refractivity contribution in [2.24, 2.45) is 0 Å². The van der Waals surface area contributed by atoms with Gasteiger partial charge in [-0.05, 0) is 23.1 Å². The van der Waals surface area contributed by atoms with Gasteiger partial charge in [0.15, 0.2) is 0 Å². The van der Waals surface area contributed by atoms with E-state index in [1.54, 1.807) is 18.4 Å². The number of hydrogen-bond acceptors (Lipinski definition) is 3. The van der Waals surface area contributed by atoms with Crippen LogP contribution in [0.25, 0.3) is 10.1 Å². The molecule has 0 bridgehead atoms. The third-order valence-electron chi connectivity index (χ3n) is 2.11. The third kappa shape index (κ3) is 1.55. The summed E-state index contributed by atoms with van der Waals surface area (Å²) in [5.74, 6) is 0.841. The van der Waals surface area contributed by atoms with Crippen molar-refractivity contribution in [3.63, 3.8) is 0 Å². The first-order chi connectivity index (χ1) is 6.77. The fourth-order valence-corrected chi connectivity index (χ4v) is 3.39. The molecule has 0 aliphatic carbocycles. The van der Waals surface area contributed by atoms with Crippen LogP contribution in [-0.2, 0) is 5.33 Å². The van der Waals surface area contributed by atoms with E-state index in [0.29, 0.717) is 0 Å². The number of alkyl halides is 1. The summed E-state index contributed by atoms with van der Waals surface area (Å²) < 4.78 is 6.56. The lowest BCUT2D eigenvalue weighted by Crippen LogP contribution is -1.88. The predicted octanol–water partition coefficient (Wildman–Crippen LogP) is 4.09. The summed E-state index contributed by atoms with van der Waals surface area (Å²) in [6.07, 6.45) is 0. The van der Waals surface area contributed by atoms with Gasteiger partial charge in [0, 0.05) is 15.4 Å². The van der Waals surface area contributed by atoms with Crippen LogP contribution in [-0.4, -0.2) is 7.11 Å². The molecule has 0 radical (unpaired) electrons. The highest BCUT2D eigenvalue weighted by Gasteiger charge is 2.10. The number of thiol groups is 1. The van der Waals surface area contributed by atoms with Crippen molar-refractivity contribution < 1.29 is 4.74 Å². The van der Waals surface area contributed by atoms with Gasteiger partial charge in [-0.25, -0.2) is 0 Å². The summed E-state index contributed by atoms with van der Waals surface area (Å²) in [4.78, 5) is 0.924. The number of benzene rings is 1. The molecule has 0 saturated carbocycles. The third-order valence-corrected chi connectivity index (χ3v) is 4.17. The van der Waals surface area contributed by atoms with Crippen LogP contribution in [0.2, 0.25) is 0 Å². The molecule has 1 nitrogen and oxygen atoms in total. The maximum Gasteiger partial charge on any atom is 0.133 e. The molecular formula is C10H9BrOS2. The van der Waals surface area contributed by atoms with Crippen molar-refractivity contribution in [3.05, 3.63) is 23.1 Å². The van der Waals surface area contributed by atoms with Crippen molar-refractivity contribution in [2.45, 2.75) is 10.2 Å². The molecule has 0 aliphatic rings. The van der Waals surface area contributed by atoms with E-state index in [0.717, 1.165) is 16.0 Å². The summed E-state index contributed by atoms with van der Waals surface area (Å²) >= 11 is 9.68. The first kappa shape index (κ1) is 10.3. The Morgan fingerprint density at radius 1 is 1.57 bits per heavy atom. The molecule has 4 heteroatoms. The molecule has 0 saturated heterocycles. The number of ether oxygens (including phenoxy) is 1. The maximum absolute atomic E-state index is 5.27. The Labute approximate surface area is 101 Å². The fraction of sp³-hybridized carbons (Fsp3) is 0.200. The quantitative estimate of drug-likeness (QED) is 0.647. The first-order valence-electron chi connectivity index (χ1n) is 4.10. The fourth-order valence-electron chi connectivity index (χ4n) is 1.42. The average molecular weight is 289 g/mol. The van der Waals surface area contributed by atoms with Gasteiger partial charge in [0.2, 0.25) is 0 Å². The highest BCUT2D eigenvalue weighted by atomic mass is 79.9. The Bertz CT molecular complexity index is 464. The van der Waals surface area contributed by atoms with Crippen LogP contribution in [0.4, 0.5) is 0 Å². The lowest BCUT2D eigenvalue weighted by Gasteiger charge is -2.07. The van der Waals surface area contributed by atoms with Gasteiger partial charge in [0.1, 0.15) is 5.75 Å². The van der Waals surface area contributed by atoms with Crippen LogP contribution in [0.5, 0.6) is 5.75 Å². The van der Waals surface area contributed by atoms with Crippen molar-refractivity contribution in [3.8, 4) is 5.75 Å². The van der Waals surface area contributed by atoms with Gasteiger partial charge in [0.05, 0.1) is 12.0 Å². The lowest BCUT2D eigenvalue weighted by molar-refractivity contribution is 0.406. The van der Waals surface area contributed by atoms with Crippen LogP contribution < -0.4 is 4.74 Å². The van der Waals surface area contributed by atoms with E-state index in [2.05, 4.69) is 40.0 Å².